The van der Waals surface area contributed by atoms with Crippen LogP contribution < -0.4 is 4.74 Å². The molecule has 1 N–H and O–H groups in total. The Balaban J connectivity index is 1.92. The van der Waals surface area contributed by atoms with Crippen LogP contribution in [0, 0.1) is 19.7 Å². The topological polar surface area (TPSA) is 29.5 Å². The molecule has 3 heteroatoms. The van der Waals surface area contributed by atoms with Crippen LogP contribution in [-0.4, -0.2) is 11.7 Å². The number of halogens is 1. The van der Waals surface area contributed by atoms with Gasteiger partial charge in [0.2, 0.25) is 0 Å². The van der Waals surface area contributed by atoms with Crippen molar-refractivity contribution >= 4 is 0 Å². The lowest BCUT2D eigenvalue weighted by atomic mass is 10.0. The highest BCUT2D eigenvalue weighted by Crippen LogP contribution is 2.22. The fourth-order valence-electron chi connectivity index (χ4n) is 2.12. The molecule has 0 aliphatic heterocycles. The van der Waals surface area contributed by atoms with Gasteiger partial charge in [0.05, 0.1) is 12.7 Å². The van der Waals surface area contributed by atoms with Crippen LogP contribution in [0.5, 0.6) is 5.75 Å². The minimum atomic E-state index is -0.712. The van der Waals surface area contributed by atoms with Gasteiger partial charge < -0.3 is 9.84 Å². The molecule has 20 heavy (non-hydrogen) atoms. The summed E-state index contributed by atoms with van der Waals surface area (Å²) in [5.41, 5.74) is 2.64. The summed E-state index contributed by atoms with van der Waals surface area (Å²) in [7, 11) is 0. The van der Waals surface area contributed by atoms with Gasteiger partial charge >= 0.3 is 0 Å². The fraction of sp³-hybridized carbons (Fsp3) is 0.294. The molecule has 0 aliphatic rings. The molecule has 0 amide bonds. The molecule has 2 aromatic carbocycles. The zero-order valence-electron chi connectivity index (χ0n) is 11.8. The van der Waals surface area contributed by atoms with Crippen LogP contribution >= 0.6 is 0 Å². The average Bonchev–Trinajstić information content (AvgIpc) is 2.41. The van der Waals surface area contributed by atoms with Gasteiger partial charge in [-0.2, -0.15) is 0 Å². The van der Waals surface area contributed by atoms with Gasteiger partial charge in [0.15, 0.2) is 0 Å². The lowest BCUT2D eigenvalue weighted by Crippen LogP contribution is -2.07. The van der Waals surface area contributed by atoms with Crippen molar-refractivity contribution in [2.75, 3.05) is 6.61 Å². The number of benzene rings is 2. The van der Waals surface area contributed by atoms with Crippen molar-refractivity contribution in [2.45, 2.75) is 26.4 Å². The van der Waals surface area contributed by atoms with E-state index in [9.17, 15) is 9.50 Å². The predicted molar refractivity (Wildman–Crippen MR) is 77.4 cm³/mol. The van der Waals surface area contributed by atoms with E-state index >= 15 is 0 Å². The van der Waals surface area contributed by atoms with Gasteiger partial charge in [-0.1, -0.05) is 18.2 Å². The van der Waals surface area contributed by atoms with Crippen LogP contribution in [0.2, 0.25) is 0 Å². The molecule has 0 spiro atoms. The van der Waals surface area contributed by atoms with Gasteiger partial charge in [0.25, 0.3) is 0 Å². The Labute approximate surface area is 118 Å². The quantitative estimate of drug-likeness (QED) is 0.894. The van der Waals surface area contributed by atoms with Crippen molar-refractivity contribution in [2.24, 2.45) is 0 Å². The molecule has 0 aromatic heterocycles. The van der Waals surface area contributed by atoms with Crippen LogP contribution in [-0.2, 0) is 0 Å². The largest absolute Gasteiger partial charge is 0.493 e. The molecule has 0 saturated carbocycles. The Morgan fingerprint density at radius 3 is 2.70 bits per heavy atom. The molecule has 1 unspecified atom stereocenters. The zero-order valence-corrected chi connectivity index (χ0v) is 11.8. The van der Waals surface area contributed by atoms with Gasteiger partial charge in [0, 0.05) is 6.42 Å². The molecule has 2 aromatic rings. The van der Waals surface area contributed by atoms with Crippen molar-refractivity contribution in [3.63, 3.8) is 0 Å². The lowest BCUT2D eigenvalue weighted by Gasteiger charge is -2.14. The first-order valence-electron chi connectivity index (χ1n) is 6.70. The molecule has 2 rings (SSSR count). The Morgan fingerprint density at radius 1 is 1.15 bits per heavy atom. The van der Waals surface area contributed by atoms with Crippen molar-refractivity contribution in [3.8, 4) is 5.75 Å². The van der Waals surface area contributed by atoms with Gasteiger partial charge in [-0.15, -0.1) is 0 Å². The molecule has 106 valence electrons. The number of ether oxygens (including phenoxy) is 1. The number of aryl methyl sites for hydroxylation is 2. The second kappa shape index (κ2) is 6.53. The monoisotopic (exact) mass is 274 g/mol. The Bertz CT molecular complexity index is 581. The Kier molecular flexibility index (Phi) is 4.74. The Hall–Kier alpha value is -1.87. The van der Waals surface area contributed by atoms with Gasteiger partial charge in [-0.25, -0.2) is 4.39 Å². The van der Waals surface area contributed by atoms with E-state index in [2.05, 4.69) is 0 Å². The van der Waals surface area contributed by atoms with Gasteiger partial charge in [0.1, 0.15) is 11.6 Å². The zero-order chi connectivity index (χ0) is 14.5. The normalized spacial score (nSPS) is 12.2. The minimum absolute atomic E-state index is 0.329. The third kappa shape index (κ3) is 3.81. The summed E-state index contributed by atoms with van der Waals surface area (Å²) in [4.78, 5) is 0. The maximum Gasteiger partial charge on any atom is 0.123 e. The van der Waals surface area contributed by atoms with Crippen molar-refractivity contribution in [3.05, 3.63) is 65.0 Å². The number of rotatable bonds is 5. The molecule has 0 radical (unpaired) electrons. The minimum Gasteiger partial charge on any atom is -0.493 e. The van der Waals surface area contributed by atoms with Crippen molar-refractivity contribution < 1.29 is 14.2 Å². The summed E-state index contributed by atoms with van der Waals surface area (Å²) >= 11 is 0. The number of hydrogen-bond donors (Lipinski definition) is 1. The number of hydrogen-bond acceptors (Lipinski definition) is 2. The van der Waals surface area contributed by atoms with Crippen molar-refractivity contribution in [1.29, 1.82) is 0 Å². The van der Waals surface area contributed by atoms with E-state index in [1.807, 2.05) is 38.1 Å². The summed E-state index contributed by atoms with van der Waals surface area (Å²) in [5.74, 6) is 0.456. The summed E-state index contributed by atoms with van der Waals surface area (Å²) in [5, 5.41) is 10.1. The number of aliphatic hydroxyl groups is 1. The van der Waals surface area contributed by atoms with Gasteiger partial charge in [-0.05, 0) is 54.8 Å². The number of aliphatic hydroxyl groups excluding tert-OH is 1. The summed E-state index contributed by atoms with van der Waals surface area (Å²) in [6.45, 7) is 4.25. The highest BCUT2D eigenvalue weighted by Gasteiger charge is 2.11. The van der Waals surface area contributed by atoms with E-state index in [-0.39, 0.29) is 5.82 Å². The average molecular weight is 274 g/mol. The summed E-state index contributed by atoms with van der Waals surface area (Å²) < 4.78 is 18.8. The third-order valence-corrected chi connectivity index (χ3v) is 3.25. The standard InChI is InChI=1S/C17H19FO2/c1-12-4-3-5-15(10-12)20-9-8-17(19)16-11-14(18)7-6-13(16)2/h3-7,10-11,17,19H,8-9H2,1-2H3. The second-order valence-electron chi connectivity index (χ2n) is 4.97. The molecule has 0 aliphatic carbocycles. The van der Waals surface area contributed by atoms with E-state index in [1.165, 1.54) is 12.1 Å². The van der Waals surface area contributed by atoms with Crippen LogP contribution in [0.25, 0.3) is 0 Å². The molecule has 0 saturated heterocycles. The van der Waals surface area contributed by atoms with Crippen LogP contribution in [0.15, 0.2) is 42.5 Å². The molecule has 1 atom stereocenters. The second-order valence-corrected chi connectivity index (χ2v) is 4.97. The van der Waals surface area contributed by atoms with Crippen LogP contribution in [0.3, 0.4) is 0 Å². The highest BCUT2D eigenvalue weighted by molar-refractivity contribution is 5.29. The Morgan fingerprint density at radius 2 is 1.95 bits per heavy atom. The maximum absolute atomic E-state index is 13.2. The fourth-order valence-corrected chi connectivity index (χ4v) is 2.12. The van der Waals surface area contributed by atoms with E-state index in [1.54, 1.807) is 6.07 Å². The van der Waals surface area contributed by atoms with E-state index in [0.29, 0.717) is 18.6 Å². The molecule has 0 fully saturated rings. The summed E-state index contributed by atoms with van der Waals surface area (Å²) in [6, 6.07) is 12.2. The van der Waals surface area contributed by atoms with Crippen LogP contribution in [0.4, 0.5) is 4.39 Å². The van der Waals surface area contributed by atoms with Crippen molar-refractivity contribution in [1.82, 2.24) is 0 Å². The SMILES string of the molecule is Cc1cccc(OCCC(O)c2cc(F)ccc2C)c1. The predicted octanol–water partition coefficient (Wildman–Crippen LogP) is 3.95. The first-order valence-corrected chi connectivity index (χ1v) is 6.70. The smallest absolute Gasteiger partial charge is 0.123 e. The van der Waals surface area contributed by atoms with E-state index in [0.717, 1.165) is 16.9 Å². The third-order valence-electron chi connectivity index (χ3n) is 3.25. The summed E-state index contributed by atoms with van der Waals surface area (Å²) in [6.07, 6.45) is -0.284. The molecular weight excluding hydrogens is 255 g/mol. The van der Waals surface area contributed by atoms with Gasteiger partial charge in [-0.3, -0.25) is 0 Å². The molecule has 2 nitrogen and oxygen atoms in total. The molecule has 0 bridgehead atoms. The molecular formula is C17H19FO2. The van der Waals surface area contributed by atoms with E-state index < -0.39 is 6.10 Å². The molecule has 0 heterocycles. The maximum atomic E-state index is 13.2. The van der Waals surface area contributed by atoms with E-state index in [4.69, 9.17) is 4.74 Å². The first-order chi connectivity index (χ1) is 9.56. The first kappa shape index (κ1) is 14.5. The highest BCUT2D eigenvalue weighted by atomic mass is 19.1. The van der Waals surface area contributed by atoms with Crippen LogP contribution in [0.1, 0.15) is 29.2 Å². The lowest BCUT2D eigenvalue weighted by molar-refractivity contribution is 0.140.